The van der Waals surface area contributed by atoms with E-state index in [1.807, 2.05) is 24.3 Å². The van der Waals surface area contributed by atoms with Crippen LogP contribution in [-0.2, 0) is 16.0 Å². The molecule has 0 spiro atoms. The highest BCUT2D eigenvalue weighted by molar-refractivity contribution is 5.82. The lowest BCUT2D eigenvalue weighted by atomic mass is 10.1. The van der Waals surface area contributed by atoms with E-state index in [1.165, 1.54) is 0 Å². The van der Waals surface area contributed by atoms with Gasteiger partial charge in [-0.15, -0.1) is 0 Å². The van der Waals surface area contributed by atoms with Crippen LogP contribution in [0.1, 0.15) is 5.56 Å². The summed E-state index contributed by atoms with van der Waals surface area (Å²) in [5.74, 6) is 0.436. The molecule has 0 atom stereocenters. The summed E-state index contributed by atoms with van der Waals surface area (Å²) in [6, 6.07) is 7.62. The molecule has 0 bridgehead atoms. The molecule has 0 saturated heterocycles. The topological polar surface area (TPSA) is 35.5 Å². The third-order valence-corrected chi connectivity index (χ3v) is 2.04. The van der Waals surface area contributed by atoms with Crippen LogP contribution in [0, 0.1) is 0 Å². The summed E-state index contributed by atoms with van der Waals surface area (Å²) in [7, 11) is 0. The van der Waals surface area contributed by atoms with Crippen molar-refractivity contribution in [3.8, 4) is 5.75 Å². The van der Waals surface area contributed by atoms with E-state index in [9.17, 15) is 4.79 Å². The van der Waals surface area contributed by atoms with Crippen LogP contribution < -0.4 is 4.74 Å². The van der Waals surface area contributed by atoms with Gasteiger partial charge in [0.15, 0.2) is 0 Å². The first-order chi connectivity index (χ1) is 7.29. The number of carbonyl (C=O) groups is 1. The summed E-state index contributed by atoms with van der Waals surface area (Å²) in [6.45, 7) is 3.31. The molecule has 1 heterocycles. The van der Waals surface area contributed by atoms with Crippen molar-refractivity contribution in [1.82, 2.24) is 0 Å². The van der Waals surface area contributed by atoms with Crippen molar-refractivity contribution in [2.75, 3.05) is 0 Å². The number of carbonyl (C=O) groups excluding carboxylic acids is 1. The fourth-order valence-electron chi connectivity index (χ4n) is 1.32. The van der Waals surface area contributed by atoms with E-state index in [4.69, 9.17) is 9.47 Å². The third kappa shape index (κ3) is 2.07. The lowest BCUT2D eigenvalue weighted by Crippen LogP contribution is -2.10. The largest absolute Gasteiger partial charge is 0.426 e. The Morgan fingerprint density at radius 1 is 1.47 bits per heavy atom. The van der Waals surface area contributed by atoms with Gasteiger partial charge < -0.3 is 9.47 Å². The fraction of sp³-hybridized carbons (Fsp3) is 0.0833. The number of ether oxygens (including phenoxy) is 2. The maximum absolute atomic E-state index is 10.9. The smallest absolute Gasteiger partial charge is 0.337 e. The first-order valence-corrected chi connectivity index (χ1v) is 4.60. The van der Waals surface area contributed by atoms with Crippen LogP contribution in [0.4, 0.5) is 0 Å². The number of hydrogen-bond donors (Lipinski definition) is 0. The van der Waals surface area contributed by atoms with E-state index in [0.717, 1.165) is 17.4 Å². The van der Waals surface area contributed by atoms with Crippen molar-refractivity contribution >= 4 is 5.97 Å². The second-order valence-electron chi connectivity index (χ2n) is 3.06. The molecular weight excluding hydrogens is 192 g/mol. The minimum Gasteiger partial charge on any atom is -0.426 e. The van der Waals surface area contributed by atoms with E-state index < -0.39 is 5.97 Å². The Hall–Kier alpha value is -2.03. The van der Waals surface area contributed by atoms with Gasteiger partial charge in [0.05, 0.1) is 0 Å². The summed E-state index contributed by atoms with van der Waals surface area (Å²) < 4.78 is 10.3. The maximum atomic E-state index is 10.9. The molecule has 1 aliphatic rings. The van der Waals surface area contributed by atoms with Crippen molar-refractivity contribution in [2.24, 2.45) is 0 Å². The average Bonchev–Trinajstić information content (AvgIpc) is 2.29. The highest BCUT2D eigenvalue weighted by Gasteiger charge is 2.14. The monoisotopic (exact) mass is 202 g/mol. The van der Waals surface area contributed by atoms with Gasteiger partial charge in [-0.2, -0.15) is 0 Å². The molecule has 1 aromatic carbocycles. The number of rotatable bonds is 2. The molecule has 2 rings (SSSR count). The van der Waals surface area contributed by atoms with Gasteiger partial charge in [0.2, 0.25) is 0 Å². The van der Waals surface area contributed by atoms with Gasteiger partial charge in [-0.05, 0) is 11.6 Å². The normalized spacial score (nSPS) is 13.2. The minimum atomic E-state index is -0.513. The van der Waals surface area contributed by atoms with Crippen molar-refractivity contribution in [1.29, 1.82) is 0 Å². The second-order valence-corrected chi connectivity index (χ2v) is 3.06. The van der Waals surface area contributed by atoms with Gasteiger partial charge >= 0.3 is 5.97 Å². The molecule has 3 heteroatoms. The highest BCUT2D eigenvalue weighted by Crippen LogP contribution is 2.25. The number of para-hydroxylation sites is 1. The fourth-order valence-corrected chi connectivity index (χ4v) is 1.32. The van der Waals surface area contributed by atoms with Gasteiger partial charge in [-0.3, -0.25) is 0 Å². The zero-order valence-electron chi connectivity index (χ0n) is 8.10. The van der Waals surface area contributed by atoms with Crippen LogP contribution in [0.25, 0.3) is 0 Å². The van der Waals surface area contributed by atoms with Gasteiger partial charge in [0.1, 0.15) is 5.75 Å². The predicted molar refractivity (Wildman–Crippen MR) is 55.1 cm³/mol. The predicted octanol–water partition coefficient (Wildman–Crippen LogP) is 2.19. The quantitative estimate of drug-likeness (QED) is 0.544. The van der Waals surface area contributed by atoms with Crippen LogP contribution in [0.15, 0.2) is 48.9 Å². The number of benzene rings is 1. The van der Waals surface area contributed by atoms with Crippen molar-refractivity contribution in [2.45, 2.75) is 6.42 Å². The lowest BCUT2D eigenvalue weighted by molar-refractivity contribution is -0.137. The van der Waals surface area contributed by atoms with Gasteiger partial charge in [-0.25, -0.2) is 4.79 Å². The summed E-state index contributed by atoms with van der Waals surface area (Å²) in [4.78, 5) is 10.9. The minimum absolute atomic E-state index is 0.221. The Kier molecular flexibility index (Phi) is 2.54. The highest BCUT2D eigenvalue weighted by atomic mass is 16.7. The van der Waals surface area contributed by atoms with Crippen molar-refractivity contribution < 1.29 is 14.3 Å². The van der Waals surface area contributed by atoms with Gasteiger partial charge in [0, 0.05) is 18.6 Å². The molecule has 76 valence electrons. The molecule has 0 unspecified atom stereocenters. The van der Waals surface area contributed by atoms with Crippen LogP contribution in [0.2, 0.25) is 0 Å². The van der Waals surface area contributed by atoms with Crippen LogP contribution >= 0.6 is 0 Å². The number of fused-ring (bicyclic) bond motifs is 1. The van der Waals surface area contributed by atoms with Crippen LogP contribution in [0.5, 0.6) is 5.75 Å². The third-order valence-electron chi connectivity index (χ3n) is 2.04. The van der Waals surface area contributed by atoms with E-state index >= 15 is 0 Å². The molecule has 1 aromatic rings. The van der Waals surface area contributed by atoms with Gasteiger partial charge in [0.25, 0.3) is 5.95 Å². The Bertz CT molecular complexity index is 432. The van der Waals surface area contributed by atoms with E-state index in [1.54, 1.807) is 6.08 Å². The molecule has 0 saturated carbocycles. The molecule has 0 aromatic heterocycles. The maximum Gasteiger partial charge on any atom is 0.337 e. The molecule has 0 N–H and O–H groups in total. The summed E-state index contributed by atoms with van der Waals surface area (Å²) in [5.41, 5.74) is 1.08. The lowest BCUT2D eigenvalue weighted by Gasteiger charge is -2.16. The molecular formula is C12H10O3. The molecule has 0 fully saturated rings. The molecule has 15 heavy (non-hydrogen) atoms. The number of esters is 1. The van der Waals surface area contributed by atoms with Crippen LogP contribution in [-0.4, -0.2) is 5.97 Å². The van der Waals surface area contributed by atoms with Crippen LogP contribution in [0.3, 0.4) is 0 Å². The van der Waals surface area contributed by atoms with Crippen molar-refractivity contribution in [3.63, 3.8) is 0 Å². The standard InChI is InChI=1S/C12H10O3/c1-2-11(13)15-12-8-7-9-5-3-4-6-10(9)14-12/h2-6,8H,1,7H2. The molecule has 0 amide bonds. The number of hydrogen-bond acceptors (Lipinski definition) is 3. The van der Waals surface area contributed by atoms with E-state index in [0.29, 0.717) is 6.42 Å². The number of allylic oxidation sites excluding steroid dienone is 1. The average molecular weight is 202 g/mol. The molecule has 0 aliphatic carbocycles. The Labute approximate surface area is 87.6 Å². The summed E-state index contributed by atoms with van der Waals surface area (Å²) in [6.07, 6.45) is 3.53. The molecule has 0 radical (unpaired) electrons. The Balaban J connectivity index is 2.12. The SMILES string of the molecule is C=CC(=O)OC1=CCc2ccccc2O1. The van der Waals surface area contributed by atoms with E-state index in [2.05, 4.69) is 6.58 Å². The molecule has 1 aliphatic heterocycles. The molecule has 3 nitrogen and oxygen atoms in total. The summed E-state index contributed by atoms with van der Waals surface area (Å²) in [5, 5.41) is 0. The zero-order valence-corrected chi connectivity index (χ0v) is 8.10. The van der Waals surface area contributed by atoms with Gasteiger partial charge in [-0.1, -0.05) is 24.8 Å². The van der Waals surface area contributed by atoms with E-state index in [-0.39, 0.29) is 5.95 Å². The van der Waals surface area contributed by atoms with Crippen molar-refractivity contribution in [3.05, 3.63) is 54.5 Å². The Morgan fingerprint density at radius 2 is 2.27 bits per heavy atom. The second kappa shape index (κ2) is 4.00. The first-order valence-electron chi connectivity index (χ1n) is 4.60. The summed E-state index contributed by atoms with van der Waals surface area (Å²) >= 11 is 0. The first kappa shape index (κ1) is 9.52. The zero-order chi connectivity index (χ0) is 10.7. The Morgan fingerprint density at radius 3 is 3.07 bits per heavy atom.